The zero-order valence-corrected chi connectivity index (χ0v) is 16.3. The second-order valence-corrected chi connectivity index (χ2v) is 8.05. The fourth-order valence-corrected chi connectivity index (χ4v) is 4.23. The molecule has 0 radical (unpaired) electrons. The summed E-state index contributed by atoms with van der Waals surface area (Å²) in [6.07, 6.45) is 3.70. The number of rotatable bonds is 8. The summed E-state index contributed by atoms with van der Waals surface area (Å²) in [5, 5.41) is 10.1. The van der Waals surface area contributed by atoms with Gasteiger partial charge in [-0.25, -0.2) is 4.98 Å². The number of hydrogen-bond donors (Lipinski definition) is 0. The lowest BCUT2D eigenvalue weighted by molar-refractivity contribution is 0.184. The minimum absolute atomic E-state index is 0.549. The zero-order valence-electron chi connectivity index (χ0n) is 14.7. The van der Waals surface area contributed by atoms with Crippen molar-refractivity contribution in [2.24, 2.45) is 0 Å². The SMILES string of the molecule is COCCn1cnnc1SCc1cnc(-c2ccc(C(C)C)cc2)s1. The van der Waals surface area contributed by atoms with Crippen LogP contribution < -0.4 is 0 Å². The standard InChI is InChI=1S/C18H22N4OS2/c1-13(2)14-4-6-15(7-5-14)17-19-10-16(25-17)11-24-18-21-20-12-22(18)8-9-23-3/h4-7,10,12-13H,8-9,11H2,1-3H3. The fourth-order valence-electron chi connectivity index (χ4n) is 2.35. The van der Waals surface area contributed by atoms with Crippen LogP contribution >= 0.6 is 23.1 Å². The molecule has 5 nitrogen and oxygen atoms in total. The number of hydrogen-bond acceptors (Lipinski definition) is 6. The van der Waals surface area contributed by atoms with E-state index < -0.39 is 0 Å². The number of thiazole rings is 1. The third kappa shape index (κ3) is 4.68. The normalized spacial score (nSPS) is 11.4. The highest BCUT2D eigenvalue weighted by Crippen LogP contribution is 2.30. The van der Waals surface area contributed by atoms with Crippen molar-refractivity contribution in [3.8, 4) is 10.6 Å². The van der Waals surface area contributed by atoms with Crippen LogP contribution in [0.4, 0.5) is 0 Å². The van der Waals surface area contributed by atoms with Gasteiger partial charge in [-0.2, -0.15) is 0 Å². The molecule has 0 aliphatic rings. The molecule has 132 valence electrons. The van der Waals surface area contributed by atoms with Gasteiger partial charge < -0.3 is 9.30 Å². The average Bonchev–Trinajstić information content (AvgIpc) is 3.27. The van der Waals surface area contributed by atoms with Gasteiger partial charge in [0.2, 0.25) is 0 Å². The summed E-state index contributed by atoms with van der Waals surface area (Å²) in [5.41, 5.74) is 2.53. The summed E-state index contributed by atoms with van der Waals surface area (Å²) < 4.78 is 7.13. The number of benzene rings is 1. The second-order valence-electron chi connectivity index (χ2n) is 6.00. The van der Waals surface area contributed by atoms with Crippen LogP contribution in [-0.2, 0) is 17.0 Å². The molecule has 0 atom stereocenters. The van der Waals surface area contributed by atoms with Crippen molar-refractivity contribution in [3.63, 3.8) is 0 Å². The van der Waals surface area contributed by atoms with Crippen molar-refractivity contribution in [3.05, 3.63) is 47.2 Å². The Morgan fingerprint density at radius 3 is 2.76 bits per heavy atom. The summed E-state index contributed by atoms with van der Waals surface area (Å²) >= 11 is 3.41. The van der Waals surface area contributed by atoms with Crippen molar-refractivity contribution in [2.45, 2.75) is 37.2 Å². The molecule has 0 bridgehead atoms. The topological polar surface area (TPSA) is 52.8 Å². The first-order valence-corrected chi connectivity index (χ1v) is 10.0. The minimum Gasteiger partial charge on any atom is -0.383 e. The van der Waals surface area contributed by atoms with E-state index in [0.29, 0.717) is 12.5 Å². The van der Waals surface area contributed by atoms with Gasteiger partial charge in [0, 0.05) is 36.0 Å². The predicted octanol–water partition coefficient (Wildman–Crippen LogP) is 4.46. The Labute approximate surface area is 156 Å². The Hall–Kier alpha value is -1.70. The van der Waals surface area contributed by atoms with Gasteiger partial charge in [0.1, 0.15) is 11.3 Å². The van der Waals surface area contributed by atoms with Gasteiger partial charge in [0.25, 0.3) is 0 Å². The van der Waals surface area contributed by atoms with E-state index in [1.165, 1.54) is 16.0 Å². The van der Waals surface area contributed by atoms with E-state index in [4.69, 9.17) is 4.74 Å². The molecular formula is C18H22N4OS2. The molecule has 25 heavy (non-hydrogen) atoms. The van der Waals surface area contributed by atoms with Crippen LogP contribution in [0.3, 0.4) is 0 Å². The van der Waals surface area contributed by atoms with Gasteiger partial charge in [-0.15, -0.1) is 21.5 Å². The number of methoxy groups -OCH3 is 1. The van der Waals surface area contributed by atoms with E-state index in [-0.39, 0.29) is 0 Å². The summed E-state index contributed by atoms with van der Waals surface area (Å²) in [5.74, 6) is 1.39. The maximum atomic E-state index is 5.11. The van der Waals surface area contributed by atoms with E-state index in [1.807, 2.05) is 10.8 Å². The lowest BCUT2D eigenvalue weighted by Gasteiger charge is -2.05. The Morgan fingerprint density at radius 1 is 1.24 bits per heavy atom. The Balaban J connectivity index is 1.63. The molecule has 3 aromatic rings. The smallest absolute Gasteiger partial charge is 0.191 e. The summed E-state index contributed by atoms with van der Waals surface area (Å²) in [4.78, 5) is 5.81. The number of ether oxygens (including phenoxy) is 1. The number of aromatic nitrogens is 4. The summed E-state index contributed by atoms with van der Waals surface area (Å²) in [7, 11) is 1.70. The first-order valence-electron chi connectivity index (χ1n) is 8.22. The fraction of sp³-hybridized carbons (Fsp3) is 0.389. The molecule has 3 rings (SSSR count). The van der Waals surface area contributed by atoms with Crippen LogP contribution in [0, 0.1) is 0 Å². The molecule has 0 saturated heterocycles. The molecule has 0 spiro atoms. The molecule has 0 unspecified atom stereocenters. The van der Waals surface area contributed by atoms with E-state index in [1.54, 1.807) is 36.5 Å². The molecule has 0 aliphatic carbocycles. The van der Waals surface area contributed by atoms with E-state index in [0.717, 1.165) is 22.5 Å². The van der Waals surface area contributed by atoms with Gasteiger partial charge >= 0.3 is 0 Å². The highest BCUT2D eigenvalue weighted by atomic mass is 32.2. The van der Waals surface area contributed by atoms with Crippen LogP contribution in [0.15, 0.2) is 41.9 Å². The van der Waals surface area contributed by atoms with E-state index >= 15 is 0 Å². The quantitative estimate of drug-likeness (QED) is 0.545. The first kappa shape index (κ1) is 18.1. The molecule has 0 saturated carbocycles. The van der Waals surface area contributed by atoms with Crippen molar-refractivity contribution in [1.82, 2.24) is 19.7 Å². The van der Waals surface area contributed by atoms with Crippen LogP contribution in [0.1, 0.15) is 30.2 Å². The lowest BCUT2D eigenvalue weighted by Crippen LogP contribution is -2.04. The maximum Gasteiger partial charge on any atom is 0.191 e. The van der Waals surface area contributed by atoms with Crippen molar-refractivity contribution in [1.29, 1.82) is 0 Å². The van der Waals surface area contributed by atoms with Crippen LogP contribution in [-0.4, -0.2) is 33.5 Å². The number of thioether (sulfide) groups is 1. The van der Waals surface area contributed by atoms with Gasteiger partial charge in [-0.1, -0.05) is 49.9 Å². The minimum atomic E-state index is 0.549. The number of nitrogens with zero attached hydrogens (tertiary/aromatic N) is 4. The molecular weight excluding hydrogens is 352 g/mol. The van der Waals surface area contributed by atoms with Crippen LogP contribution in [0.25, 0.3) is 10.6 Å². The highest BCUT2D eigenvalue weighted by Gasteiger charge is 2.09. The Morgan fingerprint density at radius 2 is 2.04 bits per heavy atom. The average molecular weight is 375 g/mol. The van der Waals surface area contributed by atoms with Gasteiger partial charge in [0.05, 0.1) is 6.61 Å². The molecule has 0 aliphatic heterocycles. The third-order valence-electron chi connectivity index (χ3n) is 3.84. The maximum absolute atomic E-state index is 5.11. The largest absolute Gasteiger partial charge is 0.383 e. The van der Waals surface area contributed by atoms with Crippen molar-refractivity contribution < 1.29 is 4.74 Å². The highest BCUT2D eigenvalue weighted by molar-refractivity contribution is 7.98. The predicted molar refractivity (Wildman–Crippen MR) is 103 cm³/mol. The molecule has 0 amide bonds. The van der Waals surface area contributed by atoms with E-state index in [2.05, 4.69) is 53.3 Å². The summed E-state index contributed by atoms with van der Waals surface area (Å²) in [6, 6.07) is 8.70. The second kappa shape index (κ2) is 8.60. The third-order valence-corrected chi connectivity index (χ3v) is 6.10. The van der Waals surface area contributed by atoms with E-state index in [9.17, 15) is 0 Å². The monoisotopic (exact) mass is 374 g/mol. The molecule has 7 heteroatoms. The lowest BCUT2D eigenvalue weighted by atomic mass is 10.0. The van der Waals surface area contributed by atoms with Crippen molar-refractivity contribution >= 4 is 23.1 Å². The van der Waals surface area contributed by atoms with Gasteiger partial charge in [0.15, 0.2) is 5.16 Å². The molecule has 0 N–H and O–H groups in total. The molecule has 2 heterocycles. The van der Waals surface area contributed by atoms with Crippen LogP contribution in [0.5, 0.6) is 0 Å². The Kier molecular flexibility index (Phi) is 6.23. The van der Waals surface area contributed by atoms with Crippen LogP contribution in [0.2, 0.25) is 0 Å². The summed E-state index contributed by atoms with van der Waals surface area (Å²) in [6.45, 7) is 5.84. The van der Waals surface area contributed by atoms with Gasteiger partial charge in [-0.05, 0) is 11.5 Å². The molecule has 0 fully saturated rings. The zero-order chi connectivity index (χ0) is 17.6. The van der Waals surface area contributed by atoms with Crippen molar-refractivity contribution in [2.75, 3.05) is 13.7 Å². The molecule has 1 aromatic carbocycles. The van der Waals surface area contributed by atoms with Gasteiger partial charge in [-0.3, -0.25) is 0 Å². The molecule has 2 aromatic heterocycles. The first-order chi connectivity index (χ1) is 12.2. The Bertz CT molecular complexity index is 796.